The third-order valence-electron chi connectivity index (χ3n) is 8.25. The first-order chi connectivity index (χ1) is 21.4. The molecule has 2 N–H and O–H groups in total. The number of urea groups is 1. The molecule has 222 valence electrons. The van der Waals surface area contributed by atoms with E-state index in [4.69, 9.17) is 6.42 Å². The molecule has 2 atom stereocenters. The van der Waals surface area contributed by atoms with Gasteiger partial charge in [0.25, 0.3) is 0 Å². The Kier molecular flexibility index (Phi) is 8.17. The van der Waals surface area contributed by atoms with Crippen molar-refractivity contribution in [3.8, 4) is 18.1 Å². The first kappa shape index (κ1) is 28.8. The van der Waals surface area contributed by atoms with E-state index in [0.717, 1.165) is 27.5 Å². The Balaban J connectivity index is 1.32. The lowest BCUT2D eigenvalue weighted by atomic mass is 9.99. The highest BCUT2D eigenvalue weighted by Crippen LogP contribution is 2.31. The van der Waals surface area contributed by atoms with E-state index in [0.29, 0.717) is 13.1 Å². The van der Waals surface area contributed by atoms with Gasteiger partial charge in [0.1, 0.15) is 18.0 Å². The van der Waals surface area contributed by atoms with Gasteiger partial charge in [0.05, 0.1) is 19.6 Å². The average Bonchev–Trinajstić information content (AvgIpc) is 3.37. The van der Waals surface area contributed by atoms with Crippen molar-refractivity contribution in [3.63, 3.8) is 0 Å². The van der Waals surface area contributed by atoms with Gasteiger partial charge in [-0.05, 0) is 39.6 Å². The summed E-state index contributed by atoms with van der Waals surface area (Å²) in [5.74, 6) is 2.25. The van der Waals surface area contributed by atoms with Gasteiger partial charge in [-0.25, -0.2) is 9.80 Å². The summed E-state index contributed by atoms with van der Waals surface area (Å²) in [6.45, 7) is 0.706. The van der Waals surface area contributed by atoms with Crippen LogP contribution in [0.25, 0.3) is 10.8 Å². The third kappa shape index (κ3) is 5.80. The molecule has 0 radical (unpaired) electrons. The summed E-state index contributed by atoms with van der Waals surface area (Å²) in [6.07, 6.45) is 5.37. The molecular weight excluding hydrogens is 554 g/mol. The molecule has 0 spiro atoms. The van der Waals surface area contributed by atoms with Crippen LogP contribution in [0.15, 0.2) is 97.1 Å². The van der Waals surface area contributed by atoms with Gasteiger partial charge in [0.15, 0.2) is 0 Å². The molecule has 0 aliphatic carbocycles. The number of hydrogen-bond acceptors (Lipinski definition) is 5. The number of nitrogens with zero attached hydrogens (tertiary/aromatic N) is 4. The van der Waals surface area contributed by atoms with E-state index in [1.54, 1.807) is 39.1 Å². The van der Waals surface area contributed by atoms with Crippen LogP contribution >= 0.6 is 0 Å². The van der Waals surface area contributed by atoms with Crippen LogP contribution in [0.4, 0.5) is 4.79 Å². The number of piperazine rings is 1. The van der Waals surface area contributed by atoms with Gasteiger partial charge in [-0.1, -0.05) is 90.8 Å². The zero-order valence-electron chi connectivity index (χ0n) is 24.2. The Labute approximate surface area is 256 Å². The number of benzene rings is 4. The van der Waals surface area contributed by atoms with E-state index >= 15 is 0 Å². The number of nitrogens with one attached hydrogen (secondary N) is 1. The van der Waals surface area contributed by atoms with Crippen molar-refractivity contribution in [1.82, 2.24) is 25.1 Å². The van der Waals surface area contributed by atoms with Crippen LogP contribution in [0.3, 0.4) is 0 Å². The van der Waals surface area contributed by atoms with Crippen molar-refractivity contribution >= 4 is 28.6 Å². The molecule has 2 saturated heterocycles. The number of carbonyl (C=O) groups excluding carboxylic acids is 3. The fourth-order valence-electron chi connectivity index (χ4n) is 6.11. The number of phenolic OH excluding ortho intramolecular Hbond substituents is 1. The summed E-state index contributed by atoms with van der Waals surface area (Å²) in [4.78, 5) is 44.7. The SMILES string of the molecule is C#CCN(C(=O)NCc1ccccc1)N1CC(=O)N2[C@@H](Cc3ccc(O)cc3)C(=O)N(Cc3cccc4ccccc34)C[C@@H]21. The smallest absolute Gasteiger partial charge is 0.333 e. The lowest BCUT2D eigenvalue weighted by Gasteiger charge is -2.46. The third-order valence-corrected chi connectivity index (χ3v) is 8.25. The Morgan fingerprint density at radius 2 is 1.66 bits per heavy atom. The number of carbonyl (C=O) groups is 3. The number of terminal acetylenes is 1. The molecular formula is C35H33N5O4. The topological polar surface area (TPSA) is 96.4 Å². The van der Waals surface area contributed by atoms with Crippen LogP contribution in [-0.2, 0) is 29.1 Å². The van der Waals surface area contributed by atoms with E-state index in [9.17, 15) is 19.5 Å². The number of hydrogen-bond donors (Lipinski definition) is 2. The van der Waals surface area contributed by atoms with Gasteiger partial charge < -0.3 is 20.2 Å². The number of amides is 4. The van der Waals surface area contributed by atoms with Crippen molar-refractivity contribution in [1.29, 1.82) is 0 Å². The van der Waals surface area contributed by atoms with Crippen LogP contribution in [0.5, 0.6) is 5.75 Å². The molecule has 9 heteroatoms. The van der Waals surface area contributed by atoms with Crippen molar-refractivity contribution in [2.75, 3.05) is 19.6 Å². The first-order valence-electron chi connectivity index (χ1n) is 14.6. The molecule has 0 bridgehead atoms. The zero-order chi connectivity index (χ0) is 30.6. The Hall–Kier alpha value is -5.33. The van der Waals surface area contributed by atoms with Gasteiger partial charge in [0, 0.05) is 19.5 Å². The summed E-state index contributed by atoms with van der Waals surface area (Å²) < 4.78 is 0. The molecule has 4 aromatic rings. The number of rotatable bonds is 8. The van der Waals surface area contributed by atoms with Gasteiger partial charge in [-0.15, -0.1) is 6.42 Å². The maximum absolute atomic E-state index is 14.2. The predicted octanol–water partition coefficient (Wildman–Crippen LogP) is 3.73. The second-order valence-electron chi connectivity index (χ2n) is 11.0. The fraction of sp³-hybridized carbons (Fsp3) is 0.229. The lowest BCUT2D eigenvalue weighted by Crippen LogP contribution is -2.66. The van der Waals surface area contributed by atoms with Gasteiger partial charge in [0.2, 0.25) is 11.8 Å². The summed E-state index contributed by atoms with van der Waals surface area (Å²) >= 11 is 0. The molecule has 0 saturated carbocycles. The van der Waals surface area contributed by atoms with E-state index in [1.807, 2.05) is 72.8 Å². The number of phenols is 1. The highest BCUT2D eigenvalue weighted by Gasteiger charge is 2.52. The summed E-state index contributed by atoms with van der Waals surface area (Å²) in [5, 5.41) is 17.9. The van der Waals surface area contributed by atoms with E-state index in [2.05, 4.69) is 11.2 Å². The van der Waals surface area contributed by atoms with Crippen molar-refractivity contribution < 1.29 is 19.5 Å². The second-order valence-corrected chi connectivity index (χ2v) is 11.0. The van der Waals surface area contributed by atoms with E-state index in [-0.39, 0.29) is 43.6 Å². The van der Waals surface area contributed by atoms with E-state index in [1.165, 1.54) is 5.01 Å². The highest BCUT2D eigenvalue weighted by molar-refractivity contribution is 5.92. The Morgan fingerprint density at radius 1 is 0.932 bits per heavy atom. The number of aromatic hydroxyl groups is 1. The molecule has 2 heterocycles. The monoisotopic (exact) mass is 587 g/mol. The highest BCUT2D eigenvalue weighted by atomic mass is 16.3. The van der Waals surface area contributed by atoms with Crippen molar-refractivity contribution in [3.05, 3.63) is 114 Å². The second kappa shape index (κ2) is 12.5. The van der Waals surface area contributed by atoms with Crippen LogP contribution in [-0.4, -0.2) is 74.6 Å². The minimum absolute atomic E-state index is 0.0435. The molecule has 44 heavy (non-hydrogen) atoms. The van der Waals surface area contributed by atoms with Crippen LogP contribution in [0.1, 0.15) is 16.7 Å². The molecule has 4 amide bonds. The number of hydrazine groups is 1. The Bertz CT molecular complexity index is 1710. The van der Waals surface area contributed by atoms with Crippen LogP contribution < -0.4 is 5.32 Å². The Morgan fingerprint density at radius 3 is 2.43 bits per heavy atom. The largest absolute Gasteiger partial charge is 0.508 e. The van der Waals surface area contributed by atoms with Crippen molar-refractivity contribution in [2.45, 2.75) is 31.7 Å². The van der Waals surface area contributed by atoms with Crippen LogP contribution in [0.2, 0.25) is 0 Å². The van der Waals surface area contributed by atoms with Crippen LogP contribution in [0, 0.1) is 12.3 Å². The first-order valence-corrected chi connectivity index (χ1v) is 14.6. The normalized spacial score (nSPS) is 18.2. The minimum atomic E-state index is -0.800. The molecule has 9 nitrogen and oxygen atoms in total. The molecule has 0 unspecified atom stereocenters. The predicted molar refractivity (Wildman–Crippen MR) is 167 cm³/mol. The summed E-state index contributed by atoms with van der Waals surface area (Å²) in [7, 11) is 0. The van der Waals surface area contributed by atoms with E-state index < -0.39 is 18.2 Å². The lowest BCUT2D eigenvalue weighted by molar-refractivity contribution is -0.157. The van der Waals surface area contributed by atoms with Gasteiger partial charge in [-0.2, -0.15) is 5.01 Å². The minimum Gasteiger partial charge on any atom is -0.508 e. The zero-order valence-corrected chi connectivity index (χ0v) is 24.2. The summed E-state index contributed by atoms with van der Waals surface area (Å²) in [6, 6.07) is 29.0. The van der Waals surface area contributed by atoms with Gasteiger partial charge >= 0.3 is 6.03 Å². The molecule has 6 rings (SSSR count). The van der Waals surface area contributed by atoms with Gasteiger partial charge in [-0.3, -0.25) is 9.59 Å². The van der Waals surface area contributed by atoms with Crippen molar-refractivity contribution in [2.24, 2.45) is 0 Å². The molecule has 4 aromatic carbocycles. The quantitative estimate of drug-likeness (QED) is 0.307. The molecule has 2 aliphatic rings. The maximum atomic E-state index is 14.2. The standard InChI is InChI=1S/C35H33N5O4/c1-2-19-38(35(44)36-21-26-9-4-3-5-10-26)39-24-33(42)40-31(20-25-15-17-29(41)18-16-25)34(43)37(23-32(39)40)22-28-13-8-12-27-11-6-7-14-30(27)28/h1,3-18,31-32,41H,19-24H2,(H,36,44)/t31-,32+/m0/s1. The molecule has 0 aromatic heterocycles. The summed E-state index contributed by atoms with van der Waals surface area (Å²) in [5.41, 5.74) is 2.73. The molecule has 2 fully saturated rings. The average molecular weight is 588 g/mol. The maximum Gasteiger partial charge on any atom is 0.333 e. The molecule has 2 aliphatic heterocycles. The number of fused-ring (bicyclic) bond motifs is 2. The fourth-order valence-corrected chi connectivity index (χ4v) is 6.11.